The van der Waals surface area contributed by atoms with Gasteiger partial charge in [-0.1, -0.05) is 49.6 Å². The van der Waals surface area contributed by atoms with E-state index in [4.69, 9.17) is 5.73 Å². The molecule has 26 heavy (non-hydrogen) atoms. The minimum Gasteiger partial charge on any atom is -0.330 e. The summed E-state index contributed by atoms with van der Waals surface area (Å²) >= 11 is 0. The summed E-state index contributed by atoms with van der Waals surface area (Å²) in [6.07, 6.45) is 6.22. The molecular formula is C20H29ClN4O. The fourth-order valence-corrected chi connectivity index (χ4v) is 3.81. The number of carbonyl (C=O) groups excluding carboxylic acids is 1. The van der Waals surface area contributed by atoms with Crippen LogP contribution in [0.1, 0.15) is 49.8 Å². The number of carbonyl (C=O) groups is 1. The molecule has 0 radical (unpaired) electrons. The number of amides is 1. The molecule has 1 aliphatic rings. The summed E-state index contributed by atoms with van der Waals surface area (Å²) in [4.78, 5) is 12.7. The molecule has 1 amide bonds. The van der Waals surface area contributed by atoms with E-state index < -0.39 is 0 Å². The minimum absolute atomic E-state index is 0. The van der Waals surface area contributed by atoms with Crippen LogP contribution in [0.3, 0.4) is 0 Å². The largest absolute Gasteiger partial charge is 0.330 e. The highest BCUT2D eigenvalue weighted by atomic mass is 35.5. The monoisotopic (exact) mass is 376 g/mol. The maximum atomic E-state index is 12.7. The van der Waals surface area contributed by atoms with Gasteiger partial charge in [0.2, 0.25) is 5.91 Å². The second-order valence-electron chi connectivity index (χ2n) is 7.30. The van der Waals surface area contributed by atoms with Crippen molar-refractivity contribution in [1.29, 1.82) is 0 Å². The molecule has 0 atom stereocenters. The zero-order chi connectivity index (χ0) is 17.7. The van der Waals surface area contributed by atoms with Gasteiger partial charge in [-0.15, -0.1) is 12.4 Å². The third-order valence-corrected chi connectivity index (χ3v) is 5.23. The number of benzene rings is 1. The predicted octanol–water partition coefficient (Wildman–Crippen LogP) is 3.90. The molecule has 5 nitrogen and oxygen atoms in total. The lowest BCUT2D eigenvalue weighted by Crippen LogP contribution is -2.36. The van der Waals surface area contributed by atoms with Crippen LogP contribution in [-0.4, -0.2) is 22.2 Å². The van der Waals surface area contributed by atoms with Gasteiger partial charge in [0.25, 0.3) is 0 Å². The molecule has 6 heteroatoms. The van der Waals surface area contributed by atoms with Gasteiger partial charge in [0, 0.05) is 12.5 Å². The lowest BCUT2D eigenvalue weighted by Gasteiger charge is -2.35. The second-order valence-corrected chi connectivity index (χ2v) is 7.30. The number of aromatic nitrogens is 2. The number of rotatable bonds is 6. The molecule has 0 bridgehead atoms. The van der Waals surface area contributed by atoms with Crippen LogP contribution in [0.25, 0.3) is 0 Å². The minimum atomic E-state index is -0.0261. The molecule has 0 unspecified atom stereocenters. The van der Waals surface area contributed by atoms with E-state index >= 15 is 0 Å². The van der Waals surface area contributed by atoms with E-state index in [1.807, 2.05) is 35.9 Å². The number of anilines is 1. The lowest BCUT2D eigenvalue weighted by atomic mass is 9.71. The Hall–Kier alpha value is -1.85. The van der Waals surface area contributed by atoms with Gasteiger partial charge in [-0.25, -0.2) is 4.68 Å². The topological polar surface area (TPSA) is 72.9 Å². The van der Waals surface area contributed by atoms with Gasteiger partial charge in [0.1, 0.15) is 5.82 Å². The SMILES string of the molecule is Cc1cc(NC(=O)CC2(CN)CCCCC2)n(Cc2ccccc2)n1.Cl. The van der Waals surface area contributed by atoms with Crippen molar-refractivity contribution in [2.24, 2.45) is 11.1 Å². The smallest absolute Gasteiger partial charge is 0.226 e. The summed E-state index contributed by atoms with van der Waals surface area (Å²) in [7, 11) is 0. The first-order chi connectivity index (χ1) is 12.1. The van der Waals surface area contributed by atoms with Crippen LogP contribution >= 0.6 is 12.4 Å². The zero-order valence-corrected chi connectivity index (χ0v) is 16.2. The van der Waals surface area contributed by atoms with E-state index in [1.165, 1.54) is 19.3 Å². The molecule has 0 saturated heterocycles. The van der Waals surface area contributed by atoms with Gasteiger partial charge in [-0.3, -0.25) is 4.79 Å². The second kappa shape index (κ2) is 9.19. The van der Waals surface area contributed by atoms with Crippen LogP contribution in [-0.2, 0) is 11.3 Å². The molecular weight excluding hydrogens is 348 g/mol. The van der Waals surface area contributed by atoms with Crippen LogP contribution in [0, 0.1) is 12.3 Å². The van der Waals surface area contributed by atoms with Crippen LogP contribution in [0.4, 0.5) is 5.82 Å². The van der Waals surface area contributed by atoms with Crippen molar-refractivity contribution in [2.45, 2.75) is 52.0 Å². The summed E-state index contributed by atoms with van der Waals surface area (Å²) in [6.45, 7) is 3.18. The van der Waals surface area contributed by atoms with Crippen LogP contribution in [0.2, 0.25) is 0 Å². The van der Waals surface area contributed by atoms with Crippen LogP contribution in [0.5, 0.6) is 0 Å². The fraction of sp³-hybridized carbons (Fsp3) is 0.500. The Kier molecular flexibility index (Phi) is 7.23. The summed E-state index contributed by atoms with van der Waals surface area (Å²) in [5.41, 5.74) is 8.05. The van der Waals surface area contributed by atoms with E-state index in [1.54, 1.807) is 0 Å². The van der Waals surface area contributed by atoms with Crippen molar-refractivity contribution in [3.05, 3.63) is 47.7 Å². The Morgan fingerprint density at radius 1 is 1.23 bits per heavy atom. The van der Waals surface area contributed by atoms with E-state index in [0.717, 1.165) is 29.9 Å². The molecule has 1 aromatic carbocycles. The Morgan fingerprint density at radius 2 is 1.92 bits per heavy atom. The maximum Gasteiger partial charge on any atom is 0.226 e. The highest BCUT2D eigenvalue weighted by Gasteiger charge is 2.33. The first-order valence-electron chi connectivity index (χ1n) is 9.19. The summed E-state index contributed by atoms with van der Waals surface area (Å²) in [6, 6.07) is 12.1. The van der Waals surface area contributed by atoms with E-state index in [0.29, 0.717) is 19.5 Å². The van der Waals surface area contributed by atoms with Gasteiger partial charge < -0.3 is 11.1 Å². The summed E-state index contributed by atoms with van der Waals surface area (Å²) in [5.74, 6) is 0.802. The Morgan fingerprint density at radius 3 is 2.58 bits per heavy atom. The molecule has 142 valence electrons. The molecule has 2 aromatic rings. The molecule has 0 spiro atoms. The third-order valence-electron chi connectivity index (χ3n) is 5.23. The molecule has 3 rings (SSSR count). The Balaban J connectivity index is 0.00000243. The standard InChI is InChI=1S/C20H28N4O.ClH/c1-16-12-18(24(23-16)14-17-8-4-2-5-9-17)22-19(25)13-20(15-21)10-6-3-7-11-20;/h2,4-5,8-9,12H,3,6-7,10-11,13-15,21H2,1H3,(H,22,25);1H. The van der Waals surface area contributed by atoms with Gasteiger partial charge in [-0.05, 0) is 37.3 Å². The number of hydrogen-bond donors (Lipinski definition) is 2. The predicted molar refractivity (Wildman–Crippen MR) is 108 cm³/mol. The highest BCUT2D eigenvalue weighted by Crippen LogP contribution is 2.38. The lowest BCUT2D eigenvalue weighted by molar-refractivity contribution is -0.118. The van der Waals surface area contributed by atoms with Gasteiger partial charge in [0.15, 0.2) is 0 Å². The molecule has 1 aliphatic carbocycles. The van der Waals surface area contributed by atoms with Crippen molar-refractivity contribution in [3.63, 3.8) is 0 Å². The van der Waals surface area contributed by atoms with Crippen LogP contribution < -0.4 is 11.1 Å². The van der Waals surface area contributed by atoms with Gasteiger partial charge in [0.05, 0.1) is 12.2 Å². The van der Waals surface area contributed by atoms with E-state index in [-0.39, 0.29) is 23.7 Å². The third kappa shape index (κ3) is 5.08. The average Bonchev–Trinajstić information content (AvgIpc) is 2.95. The molecule has 1 fully saturated rings. The molecule has 1 heterocycles. The first-order valence-corrected chi connectivity index (χ1v) is 9.19. The number of nitrogens with one attached hydrogen (secondary N) is 1. The van der Waals surface area contributed by atoms with Crippen molar-refractivity contribution >= 4 is 24.1 Å². The van der Waals surface area contributed by atoms with Gasteiger partial charge in [-0.2, -0.15) is 5.10 Å². The van der Waals surface area contributed by atoms with Crippen molar-refractivity contribution < 1.29 is 4.79 Å². The molecule has 3 N–H and O–H groups in total. The Bertz CT molecular complexity index is 708. The first kappa shape index (κ1) is 20.5. The maximum absolute atomic E-state index is 12.7. The molecule has 1 aromatic heterocycles. The van der Waals surface area contributed by atoms with E-state index in [9.17, 15) is 4.79 Å². The number of nitrogens with zero attached hydrogens (tertiary/aromatic N) is 2. The number of nitrogens with two attached hydrogens (primary N) is 1. The summed E-state index contributed by atoms with van der Waals surface area (Å²) in [5, 5.41) is 7.58. The Labute approximate surface area is 161 Å². The van der Waals surface area contributed by atoms with Crippen molar-refractivity contribution in [3.8, 4) is 0 Å². The zero-order valence-electron chi connectivity index (χ0n) is 15.4. The van der Waals surface area contributed by atoms with Gasteiger partial charge >= 0.3 is 0 Å². The molecule has 1 saturated carbocycles. The number of halogens is 1. The fourth-order valence-electron chi connectivity index (χ4n) is 3.81. The normalized spacial score (nSPS) is 15.9. The molecule has 0 aliphatic heterocycles. The van der Waals surface area contributed by atoms with Crippen molar-refractivity contribution in [2.75, 3.05) is 11.9 Å². The number of aryl methyl sites for hydroxylation is 1. The van der Waals surface area contributed by atoms with E-state index in [2.05, 4.69) is 22.5 Å². The quantitative estimate of drug-likeness (QED) is 0.802. The highest BCUT2D eigenvalue weighted by molar-refractivity contribution is 5.90. The van der Waals surface area contributed by atoms with Crippen molar-refractivity contribution in [1.82, 2.24) is 9.78 Å². The number of hydrogen-bond acceptors (Lipinski definition) is 3. The summed E-state index contributed by atoms with van der Waals surface area (Å²) < 4.78 is 1.86. The van der Waals surface area contributed by atoms with Crippen LogP contribution in [0.15, 0.2) is 36.4 Å². The average molecular weight is 377 g/mol.